The molecular formula is C19H21FN4O. The molecule has 1 aliphatic heterocycles. The number of nitrogens with one attached hydrogen (secondary N) is 1. The zero-order valence-corrected chi connectivity index (χ0v) is 14.0. The van der Waals surface area contributed by atoms with Gasteiger partial charge in [0.05, 0.1) is 16.9 Å². The van der Waals surface area contributed by atoms with Crippen molar-refractivity contribution in [2.75, 3.05) is 42.9 Å². The molecule has 0 atom stereocenters. The molecule has 5 nitrogen and oxygen atoms in total. The maximum Gasteiger partial charge on any atom is 0.255 e. The Hall–Kier alpha value is -2.89. The molecule has 25 heavy (non-hydrogen) atoms. The van der Waals surface area contributed by atoms with Crippen LogP contribution in [-0.2, 0) is 0 Å². The van der Waals surface area contributed by atoms with Crippen molar-refractivity contribution in [2.45, 2.75) is 0 Å². The second kappa shape index (κ2) is 7.79. The van der Waals surface area contributed by atoms with Gasteiger partial charge in [0, 0.05) is 45.1 Å². The molecule has 0 spiro atoms. The van der Waals surface area contributed by atoms with Crippen LogP contribution in [0.5, 0.6) is 0 Å². The quantitative estimate of drug-likeness (QED) is 0.851. The number of hydrogen-bond donors (Lipinski definition) is 1. The van der Waals surface area contributed by atoms with Crippen LogP contribution < -0.4 is 10.2 Å². The van der Waals surface area contributed by atoms with Gasteiger partial charge in [0.1, 0.15) is 5.82 Å². The number of amides is 1. The molecule has 130 valence electrons. The van der Waals surface area contributed by atoms with Crippen LogP contribution in [0.3, 0.4) is 0 Å². The number of halogens is 1. The molecule has 2 heterocycles. The summed E-state index contributed by atoms with van der Waals surface area (Å²) >= 11 is 0. The number of anilines is 2. The Morgan fingerprint density at radius 3 is 2.72 bits per heavy atom. The summed E-state index contributed by atoms with van der Waals surface area (Å²) < 4.78 is 13.9. The first-order chi connectivity index (χ1) is 12.2. The Morgan fingerprint density at radius 2 is 2.00 bits per heavy atom. The molecule has 0 unspecified atom stereocenters. The van der Waals surface area contributed by atoms with Gasteiger partial charge in [0.25, 0.3) is 5.91 Å². The van der Waals surface area contributed by atoms with E-state index in [2.05, 4.69) is 16.9 Å². The third kappa shape index (κ3) is 3.96. The lowest BCUT2D eigenvalue weighted by Gasteiger charge is -2.36. The molecule has 0 aliphatic carbocycles. The summed E-state index contributed by atoms with van der Waals surface area (Å²) in [6.45, 7) is 6.58. The first-order valence-electron chi connectivity index (χ1n) is 8.27. The molecule has 3 rings (SSSR count). The van der Waals surface area contributed by atoms with Crippen LogP contribution in [0.4, 0.5) is 15.8 Å². The predicted molar refractivity (Wildman–Crippen MR) is 97.4 cm³/mol. The summed E-state index contributed by atoms with van der Waals surface area (Å²) in [6.07, 6.45) is 5.00. The molecule has 1 aromatic carbocycles. The van der Waals surface area contributed by atoms with Gasteiger partial charge in [-0.05, 0) is 18.2 Å². The molecule has 0 radical (unpaired) electrons. The van der Waals surface area contributed by atoms with Crippen molar-refractivity contribution < 1.29 is 9.18 Å². The van der Waals surface area contributed by atoms with Crippen LogP contribution in [-0.4, -0.2) is 48.5 Å². The van der Waals surface area contributed by atoms with E-state index in [1.807, 2.05) is 11.0 Å². The maximum atomic E-state index is 13.9. The topological polar surface area (TPSA) is 48.5 Å². The van der Waals surface area contributed by atoms with E-state index in [-0.39, 0.29) is 11.7 Å². The Balaban J connectivity index is 1.64. The van der Waals surface area contributed by atoms with Crippen LogP contribution >= 0.6 is 0 Å². The van der Waals surface area contributed by atoms with Crippen LogP contribution in [0.2, 0.25) is 0 Å². The van der Waals surface area contributed by atoms with Gasteiger partial charge >= 0.3 is 0 Å². The molecule has 0 saturated carbocycles. The van der Waals surface area contributed by atoms with E-state index in [9.17, 15) is 9.18 Å². The Kier molecular flexibility index (Phi) is 5.28. The van der Waals surface area contributed by atoms with Gasteiger partial charge < -0.3 is 15.1 Å². The number of hydrogen-bond acceptors (Lipinski definition) is 4. The molecule has 1 saturated heterocycles. The van der Waals surface area contributed by atoms with Crippen molar-refractivity contribution in [3.05, 3.63) is 66.8 Å². The number of benzene rings is 1. The maximum absolute atomic E-state index is 13.9. The number of para-hydroxylation sites is 1. The summed E-state index contributed by atoms with van der Waals surface area (Å²) in [5, 5.41) is 3.13. The molecule has 1 aliphatic rings. The molecule has 2 aromatic rings. The molecular weight excluding hydrogens is 319 g/mol. The average Bonchev–Trinajstić information content (AvgIpc) is 2.66. The summed E-state index contributed by atoms with van der Waals surface area (Å²) in [5.41, 5.74) is 1.93. The van der Waals surface area contributed by atoms with Gasteiger partial charge in [-0.25, -0.2) is 4.39 Å². The summed E-state index contributed by atoms with van der Waals surface area (Å²) in [6, 6.07) is 8.52. The standard InChI is InChI=1S/C19H21FN4O/c1-2-7-22-16-12-15(13-21-14-16)19(25)24-10-8-23(9-11-24)18-6-4-3-5-17(18)20/h2-6,12-14,22H,1,7-11H2. The van der Waals surface area contributed by atoms with Crippen LogP contribution in [0.25, 0.3) is 0 Å². The summed E-state index contributed by atoms with van der Waals surface area (Å²) in [4.78, 5) is 20.6. The van der Waals surface area contributed by atoms with Crippen molar-refractivity contribution in [3.63, 3.8) is 0 Å². The summed E-state index contributed by atoms with van der Waals surface area (Å²) in [7, 11) is 0. The Bertz CT molecular complexity index is 757. The number of carbonyl (C=O) groups excluding carboxylic acids is 1. The molecule has 1 N–H and O–H groups in total. The lowest BCUT2D eigenvalue weighted by molar-refractivity contribution is 0.0746. The van der Waals surface area contributed by atoms with E-state index < -0.39 is 0 Å². The second-order valence-corrected chi connectivity index (χ2v) is 5.86. The van der Waals surface area contributed by atoms with Gasteiger partial charge in [-0.15, -0.1) is 6.58 Å². The number of nitrogens with zero attached hydrogens (tertiary/aromatic N) is 3. The van der Waals surface area contributed by atoms with E-state index in [4.69, 9.17) is 0 Å². The third-order valence-electron chi connectivity index (χ3n) is 4.20. The van der Waals surface area contributed by atoms with Gasteiger partial charge in [-0.1, -0.05) is 18.2 Å². The Morgan fingerprint density at radius 1 is 1.24 bits per heavy atom. The third-order valence-corrected chi connectivity index (χ3v) is 4.20. The van der Waals surface area contributed by atoms with E-state index in [1.165, 1.54) is 6.07 Å². The molecule has 6 heteroatoms. The zero-order chi connectivity index (χ0) is 17.6. The number of piperazine rings is 1. The molecule has 1 aromatic heterocycles. The van der Waals surface area contributed by atoms with Crippen LogP contribution in [0.15, 0.2) is 55.4 Å². The van der Waals surface area contributed by atoms with Crippen molar-refractivity contribution in [3.8, 4) is 0 Å². The highest BCUT2D eigenvalue weighted by molar-refractivity contribution is 5.95. The molecule has 1 amide bonds. The molecule has 0 bridgehead atoms. The van der Waals surface area contributed by atoms with Crippen molar-refractivity contribution in [1.29, 1.82) is 0 Å². The predicted octanol–water partition coefficient (Wildman–Crippen LogP) is 2.78. The van der Waals surface area contributed by atoms with Gasteiger partial charge in [-0.3, -0.25) is 9.78 Å². The van der Waals surface area contributed by atoms with Crippen LogP contribution in [0, 0.1) is 5.82 Å². The van der Waals surface area contributed by atoms with Gasteiger partial charge in [-0.2, -0.15) is 0 Å². The lowest BCUT2D eigenvalue weighted by atomic mass is 10.2. The average molecular weight is 340 g/mol. The van der Waals surface area contributed by atoms with Crippen molar-refractivity contribution in [2.24, 2.45) is 0 Å². The lowest BCUT2D eigenvalue weighted by Crippen LogP contribution is -2.49. The van der Waals surface area contributed by atoms with Crippen molar-refractivity contribution >= 4 is 17.3 Å². The van der Waals surface area contributed by atoms with E-state index in [0.717, 1.165) is 5.69 Å². The summed E-state index contributed by atoms with van der Waals surface area (Å²) in [5.74, 6) is -0.282. The van der Waals surface area contributed by atoms with E-state index >= 15 is 0 Å². The largest absolute Gasteiger partial charge is 0.380 e. The van der Waals surface area contributed by atoms with E-state index in [0.29, 0.717) is 44.0 Å². The smallest absolute Gasteiger partial charge is 0.255 e. The fourth-order valence-corrected chi connectivity index (χ4v) is 2.88. The van der Waals surface area contributed by atoms with E-state index in [1.54, 1.807) is 41.6 Å². The first kappa shape index (κ1) is 17.0. The minimum absolute atomic E-state index is 0.0528. The Labute approximate surface area is 146 Å². The zero-order valence-electron chi connectivity index (χ0n) is 14.0. The monoisotopic (exact) mass is 340 g/mol. The second-order valence-electron chi connectivity index (χ2n) is 5.86. The number of aromatic nitrogens is 1. The first-order valence-corrected chi connectivity index (χ1v) is 8.27. The highest BCUT2D eigenvalue weighted by Crippen LogP contribution is 2.21. The van der Waals surface area contributed by atoms with Crippen LogP contribution in [0.1, 0.15) is 10.4 Å². The number of carbonyl (C=O) groups is 1. The SMILES string of the molecule is C=CCNc1cncc(C(=O)N2CCN(c3ccccc3F)CC2)c1. The number of rotatable bonds is 5. The molecule has 1 fully saturated rings. The fraction of sp³-hybridized carbons (Fsp3) is 0.263. The van der Waals surface area contributed by atoms with Gasteiger partial charge in [0.15, 0.2) is 0 Å². The minimum Gasteiger partial charge on any atom is -0.380 e. The normalized spacial score (nSPS) is 14.3. The van der Waals surface area contributed by atoms with Gasteiger partial charge in [0.2, 0.25) is 0 Å². The highest BCUT2D eigenvalue weighted by Gasteiger charge is 2.23. The van der Waals surface area contributed by atoms with Crippen molar-refractivity contribution in [1.82, 2.24) is 9.88 Å². The minimum atomic E-state index is -0.229. The number of pyridine rings is 1. The highest BCUT2D eigenvalue weighted by atomic mass is 19.1. The fourth-order valence-electron chi connectivity index (χ4n) is 2.88.